The van der Waals surface area contributed by atoms with Crippen molar-refractivity contribution in [3.05, 3.63) is 81.2 Å². The lowest BCUT2D eigenvalue weighted by Gasteiger charge is -2.11. The van der Waals surface area contributed by atoms with Crippen LogP contribution in [0, 0.1) is 0 Å². The van der Waals surface area contributed by atoms with Gasteiger partial charge in [0.15, 0.2) is 11.5 Å². The minimum Gasteiger partial charge on any atom is -0.454 e. The fourth-order valence-electron chi connectivity index (χ4n) is 3.34. The maximum Gasteiger partial charge on any atom is 0.256 e. The van der Waals surface area contributed by atoms with Crippen molar-refractivity contribution in [2.45, 2.75) is 0 Å². The molecule has 148 valence electrons. The van der Waals surface area contributed by atoms with Gasteiger partial charge in [0.25, 0.3) is 5.91 Å². The molecule has 30 heavy (non-hydrogen) atoms. The maximum absolute atomic E-state index is 13.2. The molecule has 3 aromatic carbocycles. The van der Waals surface area contributed by atoms with Crippen LogP contribution in [0.4, 0.5) is 5.69 Å². The second-order valence-corrected chi connectivity index (χ2v) is 8.43. The topological polar surface area (TPSA) is 60.5 Å². The molecular weight excluding hydrogens is 512 g/mol. The van der Waals surface area contributed by atoms with Gasteiger partial charge in [-0.05, 0) is 80.4 Å². The van der Waals surface area contributed by atoms with Crippen LogP contribution in [0.1, 0.15) is 10.4 Å². The first-order valence-electron chi connectivity index (χ1n) is 9.15. The van der Waals surface area contributed by atoms with Crippen LogP contribution < -0.4 is 14.8 Å². The average Bonchev–Trinajstić information content (AvgIpc) is 3.23. The van der Waals surface area contributed by atoms with Crippen molar-refractivity contribution < 1.29 is 14.3 Å². The van der Waals surface area contributed by atoms with E-state index in [1.54, 1.807) is 0 Å². The number of hydrogen-bond acceptors (Lipinski definition) is 4. The van der Waals surface area contributed by atoms with Crippen molar-refractivity contribution in [1.82, 2.24) is 4.98 Å². The van der Waals surface area contributed by atoms with Gasteiger partial charge in [-0.2, -0.15) is 0 Å². The molecule has 1 aliphatic heterocycles. The van der Waals surface area contributed by atoms with Crippen molar-refractivity contribution in [3.63, 3.8) is 0 Å². The second-order valence-electron chi connectivity index (χ2n) is 6.72. The van der Waals surface area contributed by atoms with E-state index >= 15 is 0 Å². The third-order valence-corrected chi connectivity index (χ3v) is 6.69. The average molecular weight is 526 g/mol. The largest absolute Gasteiger partial charge is 0.454 e. The van der Waals surface area contributed by atoms with Gasteiger partial charge < -0.3 is 14.8 Å². The fraction of sp³-hybridized carbons (Fsp3) is 0.0435. The summed E-state index contributed by atoms with van der Waals surface area (Å²) in [6.07, 6.45) is 0. The Labute approximate surface area is 189 Å². The molecule has 0 fully saturated rings. The molecule has 0 bridgehead atoms. The maximum atomic E-state index is 13.2. The Bertz CT molecular complexity index is 1310. The summed E-state index contributed by atoms with van der Waals surface area (Å²) in [6.45, 7) is 0.209. The number of anilines is 1. The number of fused-ring (bicyclic) bond motifs is 2. The van der Waals surface area contributed by atoms with Gasteiger partial charge in [-0.3, -0.25) is 4.79 Å². The number of hydrogen-bond donors (Lipinski definition) is 1. The van der Waals surface area contributed by atoms with E-state index in [1.165, 1.54) is 0 Å². The molecule has 1 amide bonds. The highest BCUT2D eigenvalue weighted by Crippen LogP contribution is 2.36. The summed E-state index contributed by atoms with van der Waals surface area (Å²) in [5.74, 6) is 1.18. The number of nitrogens with one attached hydrogen (secondary N) is 1. The van der Waals surface area contributed by atoms with Crippen molar-refractivity contribution in [3.8, 4) is 22.8 Å². The number of rotatable bonds is 3. The summed E-state index contributed by atoms with van der Waals surface area (Å²) in [7, 11) is 0. The van der Waals surface area contributed by atoms with Gasteiger partial charge in [0.1, 0.15) is 0 Å². The molecule has 7 heteroatoms. The monoisotopic (exact) mass is 524 g/mol. The predicted molar refractivity (Wildman–Crippen MR) is 123 cm³/mol. The van der Waals surface area contributed by atoms with Gasteiger partial charge in [0.2, 0.25) is 6.79 Å². The van der Waals surface area contributed by atoms with E-state index in [1.807, 2.05) is 66.7 Å². The Morgan fingerprint density at radius 2 is 1.73 bits per heavy atom. The van der Waals surface area contributed by atoms with Crippen LogP contribution in [0.15, 0.2) is 75.7 Å². The van der Waals surface area contributed by atoms with E-state index in [2.05, 4.69) is 37.2 Å². The Morgan fingerprint density at radius 1 is 0.900 bits per heavy atom. The van der Waals surface area contributed by atoms with E-state index in [0.717, 1.165) is 25.4 Å². The molecule has 5 rings (SSSR count). The number of nitrogens with zero attached hydrogens (tertiary/aromatic N) is 1. The van der Waals surface area contributed by atoms with Gasteiger partial charge in [0, 0.05) is 25.6 Å². The number of benzene rings is 3. The molecule has 0 spiro atoms. The molecule has 0 radical (unpaired) electrons. The Hall–Kier alpha value is -2.90. The summed E-state index contributed by atoms with van der Waals surface area (Å²) in [6, 6.07) is 20.6. The molecule has 0 saturated heterocycles. The number of para-hydroxylation sites is 1. The number of amides is 1. The van der Waals surface area contributed by atoms with Crippen LogP contribution in [0.3, 0.4) is 0 Å². The molecule has 2 heterocycles. The smallest absolute Gasteiger partial charge is 0.256 e. The minimum atomic E-state index is -0.204. The summed E-state index contributed by atoms with van der Waals surface area (Å²) >= 11 is 6.91. The van der Waals surface area contributed by atoms with Gasteiger partial charge in [-0.15, -0.1) is 0 Å². The van der Waals surface area contributed by atoms with Crippen LogP contribution >= 0.6 is 31.9 Å². The van der Waals surface area contributed by atoms with E-state index in [4.69, 9.17) is 14.5 Å². The Balaban J connectivity index is 1.58. The highest BCUT2D eigenvalue weighted by Gasteiger charge is 2.18. The zero-order chi connectivity index (χ0) is 20.7. The van der Waals surface area contributed by atoms with Crippen molar-refractivity contribution in [2.75, 3.05) is 12.1 Å². The lowest BCUT2D eigenvalue weighted by molar-refractivity contribution is 0.102. The first-order chi connectivity index (χ1) is 14.6. The standard InChI is InChI=1S/C23H14Br2N2O3/c24-17-7-6-14(10-18(17)25)26-23(28)16-11-20(27-19-4-2-1-3-15(16)19)13-5-8-21-22(9-13)30-12-29-21/h1-11H,12H2,(H,26,28). The van der Waals surface area contributed by atoms with E-state index in [0.29, 0.717) is 28.4 Å². The van der Waals surface area contributed by atoms with Crippen molar-refractivity contribution in [1.29, 1.82) is 0 Å². The van der Waals surface area contributed by atoms with Crippen molar-refractivity contribution >= 4 is 54.4 Å². The van der Waals surface area contributed by atoms with E-state index in [-0.39, 0.29) is 12.7 Å². The number of carbonyl (C=O) groups is 1. The Kier molecular flexibility index (Phi) is 4.92. The van der Waals surface area contributed by atoms with Gasteiger partial charge in [-0.1, -0.05) is 18.2 Å². The van der Waals surface area contributed by atoms with E-state index in [9.17, 15) is 4.79 Å². The molecule has 4 aromatic rings. The van der Waals surface area contributed by atoms with Crippen LogP contribution in [-0.2, 0) is 0 Å². The first kappa shape index (κ1) is 19.1. The normalized spacial score (nSPS) is 12.2. The number of ether oxygens (including phenoxy) is 2. The number of pyridine rings is 1. The van der Waals surface area contributed by atoms with Crippen molar-refractivity contribution in [2.24, 2.45) is 0 Å². The lowest BCUT2D eigenvalue weighted by Crippen LogP contribution is -2.13. The summed E-state index contributed by atoms with van der Waals surface area (Å²) in [5, 5.41) is 3.76. The zero-order valence-electron chi connectivity index (χ0n) is 15.5. The van der Waals surface area contributed by atoms with Crippen LogP contribution in [0.2, 0.25) is 0 Å². The molecule has 0 unspecified atom stereocenters. The Morgan fingerprint density at radius 3 is 2.60 bits per heavy atom. The highest BCUT2D eigenvalue weighted by molar-refractivity contribution is 9.13. The van der Waals surface area contributed by atoms with E-state index < -0.39 is 0 Å². The predicted octanol–water partition coefficient (Wildman–Crippen LogP) is 6.41. The summed E-state index contributed by atoms with van der Waals surface area (Å²) in [5.41, 5.74) is 3.53. The minimum absolute atomic E-state index is 0.204. The van der Waals surface area contributed by atoms with Gasteiger partial charge >= 0.3 is 0 Å². The first-order valence-corrected chi connectivity index (χ1v) is 10.7. The quantitative estimate of drug-likeness (QED) is 0.336. The third-order valence-electron chi connectivity index (χ3n) is 4.81. The van der Waals surface area contributed by atoms with Gasteiger partial charge in [-0.25, -0.2) is 4.98 Å². The van der Waals surface area contributed by atoms with Crippen LogP contribution in [0.25, 0.3) is 22.2 Å². The van der Waals surface area contributed by atoms with Crippen LogP contribution in [0.5, 0.6) is 11.5 Å². The fourth-order valence-corrected chi connectivity index (χ4v) is 3.96. The molecule has 0 atom stereocenters. The molecule has 0 aliphatic carbocycles. The van der Waals surface area contributed by atoms with Gasteiger partial charge in [0.05, 0.1) is 16.8 Å². The molecule has 0 saturated carbocycles. The highest BCUT2D eigenvalue weighted by atomic mass is 79.9. The SMILES string of the molecule is O=C(Nc1ccc(Br)c(Br)c1)c1cc(-c2ccc3c(c2)OCO3)nc2ccccc12. The van der Waals surface area contributed by atoms with Crippen LogP contribution in [-0.4, -0.2) is 17.7 Å². The molecule has 1 aromatic heterocycles. The third kappa shape index (κ3) is 3.55. The number of aromatic nitrogens is 1. The summed E-state index contributed by atoms with van der Waals surface area (Å²) in [4.78, 5) is 17.9. The zero-order valence-corrected chi connectivity index (χ0v) is 18.7. The molecule has 5 nitrogen and oxygen atoms in total. The lowest BCUT2D eigenvalue weighted by atomic mass is 10.0. The molecule has 1 N–H and O–H groups in total. The number of halogens is 2. The summed E-state index contributed by atoms with van der Waals surface area (Å²) < 4.78 is 12.7. The molecular formula is C23H14Br2N2O3. The second kappa shape index (κ2) is 7.74. The molecule has 1 aliphatic rings. The number of carbonyl (C=O) groups excluding carboxylic acids is 1.